The minimum absolute atomic E-state index is 0.633. The van der Waals surface area contributed by atoms with E-state index in [9.17, 15) is 0 Å². The van der Waals surface area contributed by atoms with Crippen LogP contribution in [0.4, 0.5) is 0 Å². The first kappa shape index (κ1) is 15.4. The molecule has 1 heterocycles. The van der Waals surface area contributed by atoms with Crippen molar-refractivity contribution < 1.29 is 0 Å². The number of aliphatic imine (C=N–C) groups is 1. The van der Waals surface area contributed by atoms with Gasteiger partial charge < -0.3 is 10.2 Å². The lowest BCUT2D eigenvalue weighted by molar-refractivity contribution is 0.151. The molecular weight excluding hydrogens is 270 g/mol. The van der Waals surface area contributed by atoms with Crippen LogP contribution >= 0.6 is 0 Å². The fourth-order valence-electron chi connectivity index (χ4n) is 3.79. The SMILES string of the molecule is CCc1ccc(CCNC(=NC)N2CCC3(CCC3)C2)cc1. The molecule has 1 aliphatic heterocycles. The van der Waals surface area contributed by atoms with Crippen LogP contribution in [0.25, 0.3) is 0 Å². The molecule has 120 valence electrons. The summed E-state index contributed by atoms with van der Waals surface area (Å²) in [5.74, 6) is 1.09. The van der Waals surface area contributed by atoms with E-state index >= 15 is 0 Å². The zero-order chi connectivity index (χ0) is 15.4. The maximum absolute atomic E-state index is 4.48. The van der Waals surface area contributed by atoms with Gasteiger partial charge in [-0.1, -0.05) is 37.6 Å². The Bertz CT molecular complexity index is 514. The van der Waals surface area contributed by atoms with Crippen molar-refractivity contribution in [3.8, 4) is 0 Å². The van der Waals surface area contributed by atoms with Gasteiger partial charge in [0.1, 0.15) is 0 Å². The van der Waals surface area contributed by atoms with Gasteiger partial charge in [0, 0.05) is 26.7 Å². The summed E-state index contributed by atoms with van der Waals surface area (Å²) in [6.07, 6.45) is 7.79. The lowest BCUT2D eigenvalue weighted by Gasteiger charge is -2.38. The van der Waals surface area contributed by atoms with Crippen LogP contribution in [0.2, 0.25) is 0 Å². The van der Waals surface area contributed by atoms with E-state index in [4.69, 9.17) is 0 Å². The van der Waals surface area contributed by atoms with E-state index in [1.165, 1.54) is 49.9 Å². The van der Waals surface area contributed by atoms with E-state index in [-0.39, 0.29) is 0 Å². The van der Waals surface area contributed by atoms with E-state index in [0.29, 0.717) is 5.41 Å². The van der Waals surface area contributed by atoms with Gasteiger partial charge >= 0.3 is 0 Å². The number of hydrogen-bond donors (Lipinski definition) is 1. The summed E-state index contributed by atoms with van der Waals surface area (Å²) in [6, 6.07) is 8.99. The second kappa shape index (κ2) is 6.72. The van der Waals surface area contributed by atoms with E-state index in [1.807, 2.05) is 7.05 Å². The molecule has 3 rings (SSSR count). The third-order valence-corrected chi connectivity index (χ3v) is 5.49. The standard InChI is InChI=1S/C19H29N3/c1-3-16-5-7-17(8-6-16)9-13-21-18(20-2)22-14-12-19(15-22)10-4-11-19/h5-8H,3-4,9-15H2,1-2H3,(H,20,21). The summed E-state index contributed by atoms with van der Waals surface area (Å²) < 4.78 is 0. The fourth-order valence-corrected chi connectivity index (χ4v) is 3.79. The highest BCUT2D eigenvalue weighted by atomic mass is 15.3. The molecule has 0 unspecified atom stereocenters. The van der Waals surface area contributed by atoms with Gasteiger partial charge in [0.2, 0.25) is 0 Å². The van der Waals surface area contributed by atoms with Crippen molar-refractivity contribution in [3.05, 3.63) is 35.4 Å². The first-order valence-corrected chi connectivity index (χ1v) is 8.78. The molecule has 1 saturated carbocycles. The molecule has 22 heavy (non-hydrogen) atoms. The quantitative estimate of drug-likeness (QED) is 0.683. The monoisotopic (exact) mass is 299 g/mol. The summed E-state index contributed by atoms with van der Waals surface area (Å²) in [6.45, 7) is 5.54. The Morgan fingerprint density at radius 3 is 2.45 bits per heavy atom. The summed E-state index contributed by atoms with van der Waals surface area (Å²) in [5.41, 5.74) is 3.44. The van der Waals surface area contributed by atoms with Gasteiger partial charge in [-0.2, -0.15) is 0 Å². The first-order chi connectivity index (χ1) is 10.7. The highest BCUT2D eigenvalue weighted by Crippen LogP contribution is 2.47. The number of nitrogens with one attached hydrogen (secondary N) is 1. The van der Waals surface area contributed by atoms with Gasteiger partial charge in [-0.25, -0.2) is 0 Å². The minimum atomic E-state index is 0.633. The molecule has 2 aliphatic rings. The normalized spacial score (nSPS) is 20.3. The zero-order valence-corrected chi connectivity index (χ0v) is 14.1. The van der Waals surface area contributed by atoms with E-state index in [1.54, 1.807) is 0 Å². The van der Waals surface area contributed by atoms with Gasteiger partial charge in [-0.15, -0.1) is 0 Å². The molecule has 3 nitrogen and oxygen atoms in total. The van der Waals surface area contributed by atoms with Gasteiger partial charge in [0.05, 0.1) is 0 Å². The Balaban J connectivity index is 1.47. The highest BCUT2D eigenvalue weighted by Gasteiger charge is 2.43. The molecular formula is C19H29N3. The maximum atomic E-state index is 4.48. The van der Waals surface area contributed by atoms with Crippen LogP contribution in [0.15, 0.2) is 29.3 Å². The molecule has 2 fully saturated rings. The number of benzene rings is 1. The second-order valence-electron chi connectivity index (χ2n) is 6.92. The van der Waals surface area contributed by atoms with Crippen LogP contribution < -0.4 is 5.32 Å². The fraction of sp³-hybridized carbons (Fsp3) is 0.632. The van der Waals surface area contributed by atoms with Crippen LogP contribution in [0.3, 0.4) is 0 Å². The predicted molar refractivity (Wildman–Crippen MR) is 93.4 cm³/mol. The molecule has 1 aromatic carbocycles. The Kier molecular flexibility index (Phi) is 4.70. The lowest BCUT2D eigenvalue weighted by atomic mass is 9.68. The number of nitrogens with zero attached hydrogens (tertiary/aromatic N) is 2. The number of aryl methyl sites for hydroxylation is 1. The van der Waals surface area contributed by atoms with E-state index in [2.05, 4.69) is 46.4 Å². The zero-order valence-electron chi connectivity index (χ0n) is 14.1. The number of rotatable bonds is 4. The molecule has 1 N–H and O–H groups in total. The van der Waals surface area contributed by atoms with E-state index < -0.39 is 0 Å². The predicted octanol–water partition coefficient (Wildman–Crippen LogP) is 3.24. The smallest absolute Gasteiger partial charge is 0.193 e. The van der Waals surface area contributed by atoms with Crippen LogP contribution in [-0.2, 0) is 12.8 Å². The number of likely N-dealkylation sites (tertiary alicyclic amines) is 1. The van der Waals surface area contributed by atoms with Crippen molar-refractivity contribution in [3.63, 3.8) is 0 Å². The summed E-state index contributed by atoms with van der Waals surface area (Å²) >= 11 is 0. The van der Waals surface area contributed by atoms with Crippen molar-refractivity contribution in [1.82, 2.24) is 10.2 Å². The highest BCUT2D eigenvalue weighted by molar-refractivity contribution is 5.80. The van der Waals surface area contributed by atoms with Crippen molar-refractivity contribution in [2.75, 3.05) is 26.7 Å². The average Bonchev–Trinajstić information content (AvgIpc) is 2.98. The maximum Gasteiger partial charge on any atom is 0.193 e. The first-order valence-electron chi connectivity index (χ1n) is 8.78. The van der Waals surface area contributed by atoms with Crippen molar-refractivity contribution in [2.45, 2.75) is 45.4 Å². The lowest BCUT2D eigenvalue weighted by Crippen LogP contribution is -2.43. The van der Waals surface area contributed by atoms with Crippen molar-refractivity contribution in [2.24, 2.45) is 10.4 Å². The molecule has 1 saturated heterocycles. The molecule has 0 amide bonds. The number of hydrogen-bond acceptors (Lipinski definition) is 1. The molecule has 0 bridgehead atoms. The van der Waals surface area contributed by atoms with Crippen LogP contribution in [0.1, 0.15) is 43.7 Å². The second-order valence-corrected chi connectivity index (χ2v) is 6.92. The summed E-state index contributed by atoms with van der Waals surface area (Å²) in [7, 11) is 1.91. The molecule has 3 heteroatoms. The molecule has 1 aliphatic carbocycles. The van der Waals surface area contributed by atoms with Crippen molar-refractivity contribution in [1.29, 1.82) is 0 Å². The van der Waals surface area contributed by atoms with Crippen molar-refractivity contribution >= 4 is 5.96 Å². The van der Waals surface area contributed by atoms with Gasteiger partial charge in [-0.05, 0) is 48.6 Å². The summed E-state index contributed by atoms with van der Waals surface area (Å²) in [4.78, 5) is 6.94. The van der Waals surface area contributed by atoms with Gasteiger partial charge in [0.25, 0.3) is 0 Å². The van der Waals surface area contributed by atoms with Gasteiger partial charge in [-0.3, -0.25) is 4.99 Å². The van der Waals surface area contributed by atoms with E-state index in [0.717, 1.165) is 25.3 Å². The molecule has 0 radical (unpaired) electrons. The van der Waals surface area contributed by atoms with Crippen LogP contribution in [0.5, 0.6) is 0 Å². The minimum Gasteiger partial charge on any atom is -0.356 e. The Hall–Kier alpha value is -1.51. The summed E-state index contributed by atoms with van der Waals surface area (Å²) in [5, 5.41) is 3.55. The molecule has 1 spiro atoms. The third-order valence-electron chi connectivity index (χ3n) is 5.49. The largest absolute Gasteiger partial charge is 0.356 e. The van der Waals surface area contributed by atoms with Gasteiger partial charge in [0.15, 0.2) is 5.96 Å². The molecule has 0 atom stereocenters. The average molecular weight is 299 g/mol. The van der Waals surface area contributed by atoms with Crippen LogP contribution in [-0.4, -0.2) is 37.5 Å². The molecule has 1 aromatic rings. The Morgan fingerprint density at radius 1 is 1.18 bits per heavy atom. The van der Waals surface area contributed by atoms with Crippen LogP contribution in [0, 0.1) is 5.41 Å². The Labute approximate surface area is 134 Å². The Morgan fingerprint density at radius 2 is 1.91 bits per heavy atom. The molecule has 0 aromatic heterocycles. The topological polar surface area (TPSA) is 27.6 Å². The number of guanidine groups is 1. The third kappa shape index (κ3) is 3.29.